The maximum absolute atomic E-state index is 10.8. The van der Waals surface area contributed by atoms with Crippen molar-refractivity contribution in [2.45, 2.75) is 20.0 Å². The minimum Gasteiger partial charge on any atom is -0.480 e. The topological polar surface area (TPSA) is 46.5 Å². The van der Waals surface area contributed by atoms with Crippen LogP contribution >= 0.6 is 7.92 Å². The molecular formula is C22H23O3P. The number of carboxylic acids is 1. The van der Waals surface area contributed by atoms with E-state index in [1.807, 2.05) is 19.1 Å². The minimum absolute atomic E-state index is 0.131. The Morgan fingerprint density at radius 3 is 2.04 bits per heavy atom. The molecule has 2 aromatic rings. The first-order chi connectivity index (χ1) is 12.6. The molecule has 134 valence electrons. The molecule has 2 unspecified atom stereocenters. The molecule has 2 atom stereocenters. The van der Waals surface area contributed by atoms with E-state index in [0.29, 0.717) is 0 Å². The Morgan fingerprint density at radius 1 is 1.04 bits per heavy atom. The summed E-state index contributed by atoms with van der Waals surface area (Å²) in [6.45, 7) is 3.85. The number of benzene rings is 2. The number of carboxylic acid groups (broad SMARTS) is 1. The molecule has 0 radical (unpaired) electrons. The third-order valence-electron chi connectivity index (χ3n) is 4.41. The van der Waals surface area contributed by atoms with Crippen molar-refractivity contribution >= 4 is 24.5 Å². The zero-order valence-corrected chi connectivity index (χ0v) is 15.9. The molecule has 0 fully saturated rings. The van der Waals surface area contributed by atoms with Gasteiger partial charge in [0.05, 0.1) is 6.10 Å². The van der Waals surface area contributed by atoms with Gasteiger partial charge in [-0.3, -0.25) is 0 Å². The van der Waals surface area contributed by atoms with Gasteiger partial charge in [0.25, 0.3) is 0 Å². The number of hydrogen-bond acceptors (Lipinski definition) is 2. The molecule has 2 aromatic carbocycles. The molecule has 4 heteroatoms. The Balaban J connectivity index is 1.96. The van der Waals surface area contributed by atoms with Gasteiger partial charge in [-0.25, -0.2) is 4.79 Å². The lowest BCUT2D eigenvalue weighted by atomic mass is 9.93. The van der Waals surface area contributed by atoms with Crippen LogP contribution in [0.3, 0.4) is 0 Å². The number of rotatable bonds is 6. The minimum atomic E-state index is -0.935. The first-order valence-corrected chi connectivity index (χ1v) is 10.0. The van der Waals surface area contributed by atoms with Crippen molar-refractivity contribution in [2.24, 2.45) is 5.92 Å². The zero-order valence-electron chi connectivity index (χ0n) is 15.0. The lowest BCUT2D eigenvalue weighted by Gasteiger charge is -2.30. The van der Waals surface area contributed by atoms with Crippen LogP contribution in [0.2, 0.25) is 0 Å². The van der Waals surface area contributed by atoms with E-state index in [2.05, 4.69) is 67.6 Å². The third-order valence-corrected chi connectivity index (χ3v) is 6.83. The highest BCUT2D eigenvalue weighted by atomic mass is 31.1. The second-order valence-electron chi connectivity index (χ2n) is 6.47. The van der Waals surface area contributed by atoms with Crippen LogP contribution in [0.25, 0.3) is 0 Å². The van der Waals surface area contributed by atoms with Crippen LogP contribution in [0.5, 0.6) is 0 Å². The van der Waals surface area contributed by atoms with Crippen molar-refractivity contribution in [3.05, 3.63) is 83.7 Å². The van der Waals surface area contributed by atoms with Gasteiger partial charge >= 0.3 is 5.97 Å². The highest BCUT2D eigenvalue weighted by Gasteiger charge is 2.27. The summed E-state index contributed by atoms with van der Waals surface area (Å²) >= 11 is 0. The average molecular weight is 366 g/mol. The molecule has 1 aliphatic carbocycles. The van der Waals surface area contributed by atoms with Crippen LogP contribution in [-0.4, -0.2) is 23.8 Å². The summed E-state index contributed by atoms with van der Waals surface area (Å²) < 4.78 is 5.60. The Morgan fingerprint density at radius 2 is 1.58 bits per heavy atom. The van der Waals surface area contributed by atoms with Crippen LogP contribution in [0.15, 0.2) is 83.7 Å². The first-order valence-electron chi connectivity index (χ1n) is 8.70. The molecule has 26 heavy (non-hydrogen) atoms. The molecule has 0 bridgehead atoms. The number of hydrogen-bond donors (Lipinski definition) is 1. The number of ether oxygens (including phenoxy) is 1. The summed E-state index contributed by atoms with van der Waals surface area (Å²) in [5.74, 6) is -0.803. The maximum Gasteiger partial charge on any atom is 0.329 e. The number of aliphatic carboxylic acids is 1. The Labute approximate surface area is 155 Å². The molecule has 1 N–H and O–H groups in total. The number of carbonyl (C=O) groups is 1. The van der Waals surface area contributed by atoms with Gasteiger partial charge in [-0.05, 0) is 36.3 Å². The van der Waals surface area contributed by atoms with Crippen molar-refractivity contribution in [1.29, 1.82) is 0 Å². The van der Waals surface area contributed by atoms with Gasteiger partial charge in [0.2, 0.25) is 0 Å². The highest BCUT2D eigenvalue weighted by molar-refractivity contribution is 7.77. The van der Waals surface area contributed by atoms with Gasteiger partial charge in [0.15, 0.2) is 0 Å². The van der Waals surface area contributed by atoms with E-state index in [-0.39, 0.29) is 18.6 Å². The van der Waals surface area contributed by atoms with Gasteiger partial charge in [-0.15, -0.1) is 0 Å². The van der Waals surface area contributed by atoms with Crippen molar-refractivity contribution in [1.82, 2.24) is 0 Å². The van der Waals surface area contributed by atoms with Gasteiger partial charge in [0, 0.05) is 5.92 Å². The molecule has 3 nitrogen and oxygen atoms in total. The van der Waals surface area contributed by atoms with Gasteiger partial charge in [0.1, 0.15) is 6.61 Å². The SMILES string of the molecule is CC1=CC(P(c2ccccc2)c2ccccc2)=CC(C)C1OCC(=O)O. The molecule has 1 aliphatic rings. The van der Waals surface area contributed by atoms with E-state index in [1.54, 1.807) is 0 Å². The van der Waals surface area contributed by atoms with Crippen molar-refractivity contribution in [2.75, 3.05) is 6.61 Å². The predicted octanol–water partition coefficient (Wildman–Crippen LogP) is 4.07. The average Bonchev–Trinajstić information content (AvgIpc) is 2.63. The monoisotopic (exact) mass is 366 g/mol. The normalized spacial score (nSPS) is 19.8. The molecular weight excluding hydrogens is 343 g/mol. The van der Waals surface area contributed by atoms with Crippen LogP contribution in [0, 0.1) is 5.92 Å². The fraction of sp³-hybridized carbons (Fsp3) is 0.227. The van der Waals surface area contributed by atoms with E-state index in [0.717, 1.165) is 5.57 Å². The fourth-order valence-corrected chi connectivity index (χ4v) is 5.87. The molecule has 0 saturated heterocycles. The smallest absolute Gasteiger partial charge is 0.329 e. The van der Waals surface area contributed by atoms with Gasteiger partial charge in [-0.1, -0.05) is 79.7 Å². The molecule has 0 aliphatic heterocycles. The second-order valence-corrected chi connectivity index (χ2v) is 8.69. The summed E-state index contributed by atoms with van der Waals surface area (Å²) in [7, 11) is -0.650. The maximum atomic E-state index is 10.8. The largest absolute Gasteiger partial charge is 0.480 e. The van der Waals surface area contributed by atoms with Crippen LogP contribution in [0.4, 0.5) is 0 Å². The first kappa shape index (κ1) is 18.6. The summed E-state index contributed by atoms with van der Waals surface area (Å²) in [4.78, 5) is 10.8. The van der Waals surface area contributed by atoms with Crippen LogP contribution in [-0.2, 0) is 9.53 Å². The van der Waals surface area contributed by atoms with Gasteiger partial charge in [-0.2, -0.15) is 0 Å². The summed E-state index contributed by atoms with van der Waals surface area (Å²) in [6.07, 6.45) is 4.24. The molecule has 3 rings (SSSR count). The summed E-state index contributed by atoms with van der Waals surface area (Å²) in [5, 5.41) is 12.8. The van der Waals surface area contributed by atoms with Crippen molar-refractivity contribution in [3.63, 3.8) is 0 Å². The lowest BCUT2D eigenvalue weighted by molar-refractivity contribution is -0.144. The summed E-state index contributed by atoms with van der Waals surface area (Å²) in [6, 6.07) is 21.1. The standard InChI is InChI=1S/C22H23O3P/c1-16-13-20(14-17(2)22(16)25-15-21(23)24)26(18-9-5-3-6-10-18)19-11-7-4-8-12-19/h3-14,16,22H,15H2,1-2H3,(H,23,24). The Bertz CT molecular complexity index is 772. The third kappa shape index (κ3) is 4.30. The summed E-state index contributed by atoms with van der Waals surface area (Å²) in [5.41, 5.74) is 1.08. The zero-order chi connectivity index (χ0) is 18.5. The highest BCUT2D eigenvalue weighted by Crippen LogP contribution is 2.47. The van der Waals surface area contributed by atoms with E-state index in [9.17, 15) is 4.79 Å². The van der Waals surface area contributed by atoms with Crippen molar-refractivity contribution < 1.29 is 14.6 Å². The molecule has 0 spiro atoms. The molecule has 0 amide bonds. The van der Waals surface area contributed by atoms with Crippen molar-refractivity contribution in [3.8, 4) is 0 Å². The molecule has 0 aromatic heterocycles. The second kappa shape index (κ2) is 8.44. The Kier molecular flexibility index (Phi) is 6.03. The quantitative estimate of drug-likeness (QED) is 0.784. The van der Waals surface area contributed by atoms with E-state index >= 15 is 0 Å². The molecule has 0 heterocycles. The molecule has 0 saturated carbocycles. The van der Waals surface area contributed by atoms with Crippen LogP contribution < -0.4 is 10.6 Å². The van der Waals surface area contributed by atoms with E-state index in [1.165, 1.54) is 15.9 Å². The predicted molar refractivity (Wildman–Crippen MR) is 107 cm³/mol. The lowest BCUT2D eigenvalue weighted by Crippen LogP contribution is -2.28. The van der Waals surface area contributed by atoms with E-state index < -0.39 is 13.9 Å². The van der Waals surface area contributed by atoms with E-state index in [4.69, 9.17) is 9.84 Å². The number of allylic oxidation sites excluding steroid dienone is 2. The van der Waals surface area contributed by atoms with Gasteiger partial charge < -0.3 is 9.84 Å². The fourth-order valence-electron chi connectivity index (χ4n) is 3.32. The van der Waals surface area contributed by atoms with Crippen LogP contribution in [0.1, 0.15) is 13.8 Å². The Hall–Kier alpha value is -2.22.